The number of rotatable bonds is 5. The summed E-state index contributed by atoms with van der Waals surface area (Å²) < 4.78 is 10.7. The molecule has 2 atom stereocenters. The molecule has 150 valence electrons. The number of ether oxygens (including phenoxy) is 2. The maximum absolute atomic E-state index is 12.7. The Morgan fingerprint density at radius 2 is 1.93 bits per heavy atom. The molecule has 1 fully saturated rings. The van der Waals surface area contributed by atoms with Gasteiger partial charge in [-0.25, -0.2) is 0 Å². The van der Waals surface area contributed by atoms with Gasteiger partial charge in [-0.3, -0.25) is 9.59 Å². The van der Waals surface area contributed by atoms with Crippen molar-refractivity contribution in [3.63, 3.8) is 0 Å². The lowest BCUT2D eigenvalue weighted by Crippen LogP contribution is -2.48. The second-order valence-electron chi connectivity index (χ2n) is 7.17. The van der Waals surface area contributed by atoms with Gasteiger partial charge >= 0.3 is 0 Å². The first kappa shape index (κ1) is 20.0. The maximum atomic E-state index is 12.7. The first-order chi connectivity index (χ1) is 13.5. The highest BCUT2D eigenvalue weighted by atomic mass is 16.5. The molecule has 2 aliphatic heterocycles. The molecule has 8 heteroatoms. The molecule has 8 nitrogen and oxygen atoms in total. The van der Waals surface area contributed by atoms with E-state index in [0.717, 1.165) is 17.5 Å². The zero-order valence-corrected chi connectivity index (χ0v) is 16.3. The minimum Gasteiger partial charge on any atom is -0.493 e. The number of methoxy groups -OCH3 is 2. The van der Waals surface area contributed by atoms with E-state index in [1.807, 2.05) is 12.1 Å². The Morgan fingerprint density at radius 1 is 1.25 bits per heavy atom. The fourth-order valence-corrected chi connectivity index (χ4v) is 3.88. The zero-order chi connectivity index (χ0) is 20.3. The number of likely N-dealkylation sites (tertiary alicyclic amines) is 1. The van der Waals surface area contributed by atoms with Crippen LogP contribution in [0, 0.1) is 11.3 Å². The number of amides is 2. The normalized spacial score (nSPS) is 19.6. The molecule has 28 heavy (non-hydrogen) atoms. The van der Waals surface area contributed by atoms with Crippen LogP contribution in [0.5, 0.6) is 11.5 Å². The van der Waals surface area contributed by atoms with E-state index in [1.54, 1.807) is 19.1 Å². The van der Waals surface area contributed by atoms with Gasteiger partial charge in [0.2, 0.25) is 11.8 Å². The van der Waals surface area contributed by atoms with E-state index < -0.39 is 12.1 Å². The van der Waals surface area contributed by atoms with Gasteiger partial charge in [0.05, 0.1) is 32.8 Å². The number of fused-ring (bicyclic) bond motifs is 1. The fraction of sp³-hybridized carbons (Fsp3) is 0.550. The Bertz CT molecular complexity index is 804. The quantitative estimate of drug-likeness (QED) is 0.802. The van der Waals surface area contributed by atoms with Crippen molar-refractivity contribution in [1.82, 2.24) is 9.80 Å². The first-order valence-corrected chi connectivity index (χ1v) is 9.45. The minimum absolute atomic E-state index is 0.0594. The van der Waals surface area contributed by atoms with Crippen molar-refractivity contribution in [3.8, 4) is 17.6 Å². The molecule has 0 spiro atoms. The van der Waals surface area contributed by atoms with Crippen LogP contribution in [0.4, 0.5) is 0 Å². The van der Waals surface area contributed by atoms with Crippen LogP contribution in [0.15, 0.2) is 12.1 Å². The Kier molecular flexibility index (Phi) is 6.05. The summed E-state index contributed by atoms with van der Waals surface area (Å²) in [5, 5.41) is 9.15. The smallest absolute Gasteiger partial charge is 0.241 e. The number of benzene rings is 1. The van der Waals surface area contributed by atoms with Crippen molar-refractivity contribution in [2.45, 2.75) is 44.3 Å². The van der Waals surface area contributed by atoms with E-state index in [2.05, 4.69) is 6.07 Å². The molecule has 0 aliphatic carbocycles. The minimum atomic E-state index is -0.923. The van der Waals surface area contributed by atoms with Gasteiger partial charge in [0.25, 0.3) is 0 Å². The lowest BCUT2D eigenvalue weighted by Gasteiger charge is -2.31. The Morgan fingerprint density at radius 3 is 2.57 bits per heavy atom. The predicted octanol–water partition coefficient (Wildman–Crippen LogP) is 0.820. The van der Waals surface area contributed by atoms with Gasteiger partial charge < -0.3 is 25.0 Å². The molecule has 2 aliphatic rings. The highest BCUT2D eigenvalue weighted by Gasteiger charge is 2.33. The molecule has 1 aromatic rings. The Hall–Kier alpha value is -2.79. The standard InChI is InChI=1S/C20H26N4O4/c1-27-17-8-13-5-7-23(12-14(13)9-18(17)28-2)19(25)10-16(22)20(26)24-6-3-4-15(24)11-21/h8-9,15-16H,3-7,10,12,22H2,1-2H3/t15-,16-/m0/s1. The molecule has 0 aromatic heterocycles. The van der Waals surface area contributed by atoms with E-state index in [-0.39, 0.29) is 18.2 Å². The van der Waals surface area contributed by atoms with E-state index in [0.29, 0.717) is 44.0 Å². The summed E-state index contributed by atoms with van der Waals surface area (Å²) in [4.78, 5) is 28.5. The summed E-state index contributed by atoms with van der Waals surface area (Å²) in [5.41, 5.74) is 8.14. The van der Waals surface area contributed by atoms with Crippen molar-refractivity contribution in [1.29, 1.82) is 5.26 Å². The monoisotopic (exact) mass is 386 g/mol. The third-order valence-electron chi connectivity index (χ3n) is 5.47. The maximum Gasteiger partial charge on any atom is 0.241 e. The summed E-state index contributed by atoms with van der Waals surface area (Å²) in [6.45, 7) is 1.53. The topological polar surface area (TPSA) is 109 Å². The van der Waals surface area contributed by atoms with Crippen LogP contribution in [-0.4, -0.2) is 61.0 Å². The van der Waals surface area contributed by atoms with E-state index >= 15 is 0 Å². The van der Waals surface area contributed by atoms with Gasteiger partial charge in [0.1, 0.15) is 6.04 Å². The Balaban J connectivity index is 1.64. The van der Waals surface area contributed by atoms with Crippen molar-refractivity contribution in [3.05, 3.63) is 23.3 Å². The molecule has 0 radical (unpaired) electrons. The van der Waals surface area contributed by atoms with Gasteiger partial charge in [0.15, 0.2) is 11.5 Å². The second kappa shape index (κ2) is 8.48. The van der Waals surface area contributed by atoms with Crippen LogP contribution in [0.1, 0.15) is 30.4 Å². The molecule has 0 unspecified atom stereocenters. The predicted molar refractivity (Wildman–Crippen MR) is 102 cm³/mol. The van der Waals surface area contributed by atoms with Crippen molar-refractivity contribution >= 4 is 11.8 Å². The van der Waals surface area contributed by atoms with Crippen molar-refractivity contribution in [2.75, 3.05) is 27.3 Å². The van der Waals surface area contributed by atoms with Gasteiger partial charge in [-0.1, -0.05) is 0 Å². The molecule has 2 amide bonds. The summed E-state index contributed by atoms with van der Waals surface area (Å²) in [7, 11) is 3.17. The molecule has 2 heterocycles. The van der Waals surface area contributed by atoms with Crippen LogP contribution in [0.2, 0.25) is 0 Å². The summed E-state index contributed by atoms with van der Waals surface area (Å²) >= 11 is 0. The number of hydrogen-bond donors (Lipinski definition) is 1. The average Bonchev–Trinajstić information content (AvgIpc) is 3.20. The molecular weight excluding hydrogens is 360 g/mol. The van der Waals surface area contributed by atoms with E-state index in [4.69, 9.17) is 20.5 Å². The first-order valence-electron chi connectivity index (χ1n) is 9.45. The molecule has 0 saturated carbocycles. The number of hydrogen-bond acceptors (Lipinski definition) is 6. The lowest BCUT2D eigenvalue weighted by molar-refractivity contribution is -0.138. The van der Waals surface area contributed by atoms with Crippen molar-refractivity contribution in [2.24, 2.45) is 5.73 Å². The molecule has 2 N–H and O–H groups in total. The number of nitriles is 1. The third kappa shape index (κ3) is 3.90. The number of carbonyl (C=O) groups is 2. The highest BCUT2D eigenvalue weighted by molar-refractivity contribution is 5.88. The second-order valence-corrected chi connectivity index (χ2v) is 7.17. The summed E-state index contributed by atoms with van der Waals surface area (Å²) in [5.74, 6) is 0.820. The average molecular weight is 386 g/mol. The molecule has 3 rings (SSSR count). The molecular formula is C20H26N4O4. The SMILES string of the molecule is COc1cc2c(cc1OC)CN(C(=O)C[C@H](N)C(=O)N1CCC[C@H]1C#N)CC2. The van der Waals surface area contributed by atoms with Gasteiger partial charge in [-0.15, -0.1) is 0 Å². The number of nitrogens with zero attached hydrogens (tertiary/aromatic N) is 3. The van der Waals surface area contributed by atoms with Crippen LogP contribution in [-0.2, 0) is 22.6 Å². The van der Waals surface area contributed by atoms with Crippen LogP contribution < -0.4 is 15.2 Å². The van der Waals surface area contributed by atoms with Gasteiger partial charge in [-0.2, -0.15) is 5.26 Å². The molecule has 1 saturated heterocycles. The largest absolute Gasteiger partial charge is 0.493 e. The van der Waals surface area contributed by atoms with Gasteiger partial charge in [0, 0.05) is 19.6 Å². The molecule has 0 bridgehead atoms. The van der Waals surface area contributed by atoms with E-state index in [1.165, 1.54) is 4.90 Å². The number of nitrogens with two attached hydrogens (primary N) is 1. The fourth-order valence-electron chi connectivity index (χ4n) is 3.88. The lowest BCUT2D eigenvalue weighted by atomic mass is 9.98. The number of carbonyl (C=O) groups excluding carboxylic acids is 2. The third-order valence-corrected chi connectivity index (χ3v) is 5.47. The highest BCUT2D eigenvalue weighted by Crippen LogP contribution is 2.33. The summed E-state index contributed by atoms with van der Waals surface area (Å²) in [6, 6.07) is 4.61. The van der Waals surface area contributed by atoms with Gasteiger partial charge in [-0.05, 0) is 42.5 Å². The van der Waals surface area contributed by atoms with Crippen LogP contribution in [0.3, 0.4) is 0 Å². The van der Waals surface area contributed by atoms with Crippen LogP contribution >= 0.6 is 0 Å². The Labute approximate surface area is 164 Å². The molecule has 1 aromatic carbocycles. The van der Waals surface area contributed by atoms with Crippen LogP contribution in [0.25, 0.3) is 0 Å². The summed E-state index contributed by atoms with van der Waals surface area (Å²) in [6.07, 6.45) is 2.10. The zero-order valence-electron chi connectivity index (χ0n) is 16.3. The van der Waals surface area contributed by atoms with E-state index in [9.17, 15) is 9.59 Å². The van der Waals surface area contributed by atoms with Crippen molar-refractivity contribution < 1.29 is 19.1 Å².